The van der Waals surface area contributed by atoms with Crippen molar-refractivity contribution in [2.24, 2.45) is 0 Å². The van der Waals surface area contributed by atoms with Gasteiger partial charge in [0.15, 0.2) is 15.0 Å². The maximum Gasteiger partial charge on any atom is 0.330 e. The van der Waals surface area contributed by atoms with E-state index < -0.39 is 15.8 Å². The number of rotatable bonds is 7. The summed E-state index contributed by atoms with van der Waals surface area (Å²) in [5.74, 6) is -0.982. The normalized spacial score (nSPS) is 14.6. The van der Waals surface area contributed by atoms with Gasteiger partial charge in [-0.3, -0.25) is 14.6 Å². The van der Waals surface area contributed by atoms with Crippen LogP contribution in [0.3, 0.4) is 0 Å². The zero-order valence-corrected chi connectivity index (χ0v) is 19.1. The summed E-state index contributed by atoms with van der Waals surface area (Å²) >= 11 is 2.42. The number of anilines is 2. The largest absolute Gasteiger partial charge is 0.481 e. The van der Waals surface area contributed by atoms with Crippen LogP contribution in [0, 0.1) is 0 Å². The zero-order valence-electron chi connectivity index (χ0n) is 16.6. The fourth-order valence-corrected chi connectivity index (χ4v) is 5.61. The first-order chi connectivity index (χ1) is 14.2. The number of carboxylic acids is 1. The van der Waals surface area contributed by atoms with Crippen LogP contribution in [0.5, 0.6) is 0 Å². The van der Waals surface area contributed by atoms with Crippen LogP contribution in [0.4, 0.5) is 15.6 Å². The summed E-state index contributed by atoms with van der Waals surface area (Å²) in [7, 11) is -1.68. The topological polar surface area (TPSA) is 108 Å². The van der Waals surface area contributed by atoms with E-state index in [0.717, 1.165) is 47.9 Å². The molecule has 1 saturated carbocycles. The zero-order chi connectivity index (χ0) is 21.9. The Labute approximate surface area is 183 Å². The molecule has 1 aliphatic carbocycles. The molecule has 0 radical (unpaired) electrons. The number of amides is 2. The van der Waals surface area contributed by atoms with Gasteiger partial charge in [0, 0.05) is 25.0 Å². The number of hydrogen-bond acceptors (Lipinski definition) is 7. The maximum absolute atomic E-state index is 13.4. The molecule has 2 amide bonds. The van der Waals surface area contributed by atoms with Crippen LogP contribution in [-0.4, -0.2) is 55.6 Å². The summed E-state index contributed by atoms with van der Waals surface area (Å²) < 4.78 is 24.2. The van der Waals surface area contributed by atoms with Gasteiger partial charge in [0.2, 0.25) is 0 Å². The summed E-state index contributed by atoms with van der Waals surface area (Å²) in [6.45, 7) is 0. The summed E-state index contributed by atoms with van der Waals surface area (Å²) in [6.07, 6.45) is 6.55. The molecule has 1 fully saturated rings. The van der Waals surface area contributed by atoms with Crippen molar-refractivity contribution in [1.82, 2.24) is 4.98 Å². The minimum atomic E-state index is -3.32. The third kappa shape index (κ3) is 5.32. The predicted octanol–water partition coefficient (Wildman–Crippen LogP) is 3.73. The summed E-state index contributed by atoms with van der Waals surface area (Å²) in [4.78, 5) is 31.8. The van der Waals surface area contributed by atoms with Crippen LogP contribution in [0.1, 0.15) is 25.7 Å². The number of carbonyl (C=O) groups excluding carboxylic acids is 1. The lowest BCUT2D eigenvalue weighted by Gasteiger charge is -2.32. The Hall–Kier alpha value is -2.11. The van der Waals surface area contributed by atoms with E-state index in [1.165, 1.54) is 28.4 Å². The number of aliphatic carboxylic acids is 1. The Morgan fingerprint density at radius 1 is 1.23 bits per heavy atom. The van der Waals surface area contributed by atoms with E-state index in [-0.39, 0.29) is 22.7 Å². The first-order valence-corrected chi connectivity index (χ1v) is 13.0. The van der Waals surface area contributed by atoms with Gasteiger partial charge in [0.25, 0.3) is 0 Å². The molecule has 30 heavy (non-hydrogen) atoms. The second-order valence-corrected chi connectivity index (χ2v) is 11.4. The molecule has 1 N–H and O–H groups in total. The van der Waals surface area contributed by atoms with Crippen LogP contribution >= 0.6 is 23.1 Å². The number of carbonyl (C=O) groups is 2. The highest BCUT2D eigenvalue weighted by Gasteiger charge is 2.31. The van der Waals surface area contributed by atoms with Gasteiger partial charge in [-0.25, -0.2) is 18.2 Å². The molecule has 8 nitrogen and oxygen atoms in total. The number of hydrogen-bond donors (Lipinski definition) is 1. The third-order valence-corrected chi connectivity index (χ3v) is 8.20. The monoisotopic (exact) mass is 469 g/mol. The molecular formula is C19H23N3O5S3. The highest BCUT2D eigenvalue weighted by atomic mass is 32.2. The van der Waals surface area contributed by atoms with Gasteiger partial charge >= 0.3 is 12.0 Å². The van der Waals surface area contributed by atoms with Crippen molar-refractivity contribution in [3.8, 4) is 0 Å². The maximum atomic E-state index is 13.4. The second kappa shape index (κ2) is 9.36. The fraction of sp³-hybridized carbons (Fsp3) is 0.421. The van der Waals surface area contributed by atoms with Crippen molar-refractivity contribution in [1.29, 1.82) is 0 Å². The third-order valence-electron chi connectivity index (χ3n) is 4.82. The van der Waals surface area contributed by atoms with Gasteiger partial charge in [0.1, 0.15) is 0 Å². The lowest BCUT2D eigenvalue weighted by molar-refractivity contribution is -0.133. The Morgan fingerprint density at radius 3 is 2.43 bits per heavy atom. The average molecular weight is 470 g/mol. The fourth-order valence-electron chi connectivity index (χ4n) is 3.34. The molecule has 0 saturated heterocycles. The van der Waals surface area contributed by atoms with Crippen LogP contribution in [-0.2, 0) is 14.6 Å². The van der Waals surface area contributed by atoms with E-state index in [9.17, 15) is 18.0 Å². The molecule has 162 valence electrons. The SMILES string of the molecule is CN(C(=O)N(c1ccc(S(C)(=O)=O)cc1)C1CCCC1)c1ncc(SCC(=O)O)s1. The van der Waals surface area contributed by atoms with Crippen LogP contribution < -0.4 is 9.80 Å². The molecule has 1 aromatic heterocycles. The molecule has 3 rings (SSSR count). The highest BCUT2D eigenvalue weighted by Crippen LogP contribution is 2.33. The molecule has 0 unspecified atom stereocenters. The molecule has 2 aromatic rings. The average Bonchev–Trinajstić information content (AvgIpc) is 3.38. The predicted molar refractivity (Wildman–Crippen MR) is 119 cm³/mol. The van der Waals surface area contributed by atoms with Gasteiger partial charge in [-0.2, -0.15) is 0 Å². The van der Waals surface area contributed by atoms with Crippen molar-refractivity contribution in [2.75, 3.05) is 28.9 Å². The van der Waals surface area contributed by atoms with E-state index in [0.29, 0.717) is 10.8 Å². The number of thioether (sulfide) groups is 1. The van der Waals surface area contributed by atoms with Gasteiger partial charge in [-0.15, -0.1) is 11.8 Å². The van der Waals surface area contributed by atoms with Gasteiger partial charge < -0.3 is 5.11 Å². The molecule has 1 heterocycles. The van der Waals surface area contributed by atoms with Crippen LogP contribution in [0.25, 0.3) is 0 Å². The minimum Gasteiger partial charge on any atom is -0.481 e. The quantitative estimate of drug-likeness (QED) is 0.616. The number of carboxylic acid groups (broad SMARTS) is 1. The lowest BCUT2D eigenvalue weighted by atomic mass is 10.2. The molecule has 0 bridgehead atoms. The van der Waals surface area contributed by atoms with Crippen LogP contribution in [0.2, 0.25) is 0 Å². The van der Waals surface area contributed by atoms with Crippen molar-refractivity contribution in [2.45, 2.75) is 40.8 Å². The van der Waals surface area contributed by atoms with Gasteiger partial charge in [-0.05, 0) is 37.1 Å². The number of thiazole rings is 1. The van der Waals surface area contributed by atoms with E-state index >= 15 is 0 Å². The van der Waals surface area contributed by atoms with Gasteiger partial charge in [-0.1, -0.05) is 24.2 Å². The number of urea groups is 1. The van der Waals surface area contributed by atoms with E-state index in [1.807, 2.05) is 0 Å². The van der Waals surface area contributed by atoms with Gasteiger partial charge in [0.05, 0.1) is 21.1 Å². The standard InChI is InChI=1S/C19H23N3O5S3/c1-21(18-20-11-17(29-18)28-12-16(23)24)19(25)22(13-5-3-4-6-13)14-7-9-15(10-8-14)30(2,26)27/h7-11,13H,3-6,12H2,1-2H3,(H,23,24). The van der Waals surface area contributed by atoms with Crippen molar-refractivity contribution in [3.05, 3.63) is 30.5 Å². The molecule has 1 aliphatic rings. The van der Waals surface area contributed by atoms with E-state index in [1.54, 1.807) is 30.3 Å². The van der Waals surface area contributed by atoms with Crippen molar-refractivity contribution in [3.63, 3.8) is 0 Å². The van der Waals surface area contributed by atoms with Crippen LogP contribution in [0.15, 0.2) is 39.6 Å². The number of sulfone groups is 1. The molecule has 0 aliphatic heterocycles. The summed E-state index contributed by atoms with van der Waals surface area (Å²) in [5, 5.41) is 9.30. The Balaban J connectivity index is 1.85. The molecule has 0 atom stereocenters. The van der Waals surface area contributed by atoms with Crippen molar-refractivity contribution >= 4 is 55.8 Å². The number of aromatic nitrogens is 1. The van der Waals surface area contributed by atoms with E-state index in [2.05, 4.69) is 4.98 Å². The first-order valence-electron chi connectivity index (χ1n) is 9.34. The Bertz CT molecular complexity index is 1010. The first kappa shape index (κ1) is 22.6. The lowest BCUT2D eigenvalue weighted by Crippen LogP contribution is -2.46. The smallest absolute Gasteiger partial charge is 0.330 e. The number of nitrogens with zero attached hydrogens (tertiary/aromatic N) is 3. The summed E-state index contributed by atoms with van der Waals surface area (Å²) in [5.41, 5.74) is 0.642. The minimum absolute atomic E-state index is 0.0323. The number of benzene rings is 1. The summed E-state index contributed by atoms with van der Waals surface area (Å²) in [6, 6.07) is 6.14. The molecule has 1 aromatic carbocycles. The van der Waals surface area contributed by atoms with Crippen molar-refractivity contribution < 1.29 is 23.1 Å². The Morgan fingerprint density at radius 2 is 1.87 bits per heavy atom. The molecule has 0 spiro atoms. The molecule has 11 heteroatoms. The molecular weight excluding hydrogens is 446 g/mol. The second-order valence-electron chi connectivity index (χ2n) is 7.06. The van der Waals surface area contributed by atoms with E-state index in [4.69, 9.17) is 5.11 Å². The highest BCUT2D eigenvalue weighted by molar-refractivity contribution is 8.01. The Kier molecular flexibility index (Phi) is 7.04.